The molecule has 1 aromatic heterocycles. The van der Waals surface area contributed by atoms with Gasteiger partial charge in [-0.25, -0.2) is 17.9 Å². The fourth-order valence-corrected chi connectivity index (χ4v) is 7.07. The molecule has 11 nitrogen and oxygen atoms in total. The largest absolute Gasteiger partial charge is 0.496 e. The molecule has 6 rings (SSSR count). The molecular weight excluding hydrogens is 566 g/mol. The van der Waals surface area contributed by atoms with Gasteiger partial charge in [-0.15, -0.1) is 0 Å². The lowest BCUT2D eigenvalue weighted by Gasteiger charge is -2.38. The lowest BCUT2D eigenvalue weighted by atomic mass is 9.96. The minimum Gasteiger partial charge on any atom is -0.496 e. The number of hydrogen-bond acceptors (Lipinski definition) is 7. The average molecular weight is 604 g/mol. The van der Waals surface area contributed by atoms with Crippen LogP contribution < -0.4 is 19.7 Å². The monoisotopic (exact) mass is 603 g/mol. The average Bonchev–Trinajstić information content (AvgIpc) is 3.48. The SMILES string of the molecule is COc1ccc(N2CCN(C)CC2)c2c1CCN(C(=O)NC1=CCC(S(=O)(=O)Nc3ccnn3-c3ccccc3)C=C1)C2. The summed E-state index contributed by atoms with van der Waals surface area (Å²) in [5, 5.41) is 6.46. The van der Waals surface area contributed by atoms with E-state index in [0.29, 0.717) is 31.0 Å². The van der Waals surface area contributed by atoms with Crippen LogP contribution in [0, 0.1) is 0 Å². The first-order valence-corrected chi connectivity index (χ1v) is 16.0. The van der Waals surface area contributed by atoms with Crippen molar-refractivity contribution in [1.82, 2.24) is 24.9 Å². The zero-order chi connectivity index (χ0) is 30.0. The number of hydrogen-bond donors (Lipinski definition) is 2. The Hall–Kier alpha value is -4.29. The first-order chi connectivity index (χ1) is 20.8. The van der Waals surface area contributed by atoms with Gasteiger partial charge in [0.15, 0.2) is 0 Å². The van der Waals surface area contributed by atoms with Gasteiger partial charge in [-0.3, -0.25) is 4.72 Å². The topological polar surface area (TPSA) is 112 Å². The Morgan fingerprint density at radius 1 is 1.00 bits per heavy atom. The van der Waals surface area contributed by atoms with Crippen LogP contribution >= 0.6 is 0 Å². The molecule has 0 spiro atoms. The molecule has 2 amide bonds. The number of para-hydroxylation sites is 1. The van der Waals surface area contributed by atoms with Crippen molar-refractivity contribution in [2.45, 2.75) is 24.6 Å². The number of aromatic nitrogens is 2. The summed E-state index contributed by atoms with van der Waals surface area (Å²) in [6.45, 7) is 4.91. The van der Waals surface area contributed by atoms with E-state index in [1.54, 1.807) is 42.3 Å². The van der Waals surface area contributed by atoms with Crippen LogP contribution in [0.2, 0.25) is 0 Å². The summed E-state index contributed by atoms with van der Waals surface area (Å²) >= 11 is 0. The second-order valence-corrected chi connectivity index (χ2v) is 12.9. The molecule has 2 aromatic carbocycles. The van der Waals surface area contributed by atoms with Crippen LogP contribution in [0.4, 0.5) is 16.3 Å². The van der Waals surface area contributed by atoms with Gasteiger partial charge >= 0.3 is 6.03 Å². The van der Waals surface area contributed by atoms with Crippen molar-refractivity contribution in [3.05, 3.63) is 89.8 Å². The highest BCUT2D eigenvalue weighted by molar-refractivity contribution is 7.93. The van der Waals surface area contributed by atoms with Gasteiger partial charge < -0.3 is 24.8 Å². The summed E-state index contributed by atoms with van der Waals surface area (Å²) in [7, 11) is 0.0702. The number of benzene rings is 2. The maximum absolute atomic E-state index is 13.4. The summed E-state index contributed by atoms with van der Waals surface area (Å²) in [5.41, 5.74) is 4.79. The van der Waals surface area contributed by atoms with Crippen molar-refractivity contribution >= 4 is 27.6 Å². The highest BCUT2D eigenvalue weighted by Gasteiger charge is 2.30. The minimum absolute atomic E-state index is 0.208. The van der Waals surface area contributed by atoms with Crippen LogP contribution in [-0.4, -0.2) is 86.2 Å². The summed E-state index contributed by atoms with van der Waals surface area (Å²) in [6, 6.07) is 14.9. The molecule has 1 aliphatic carbocycles. The maximum atomic E-state index is 13.4. The molecule has 1 saturated heterocycles. The van der Waals surface area contributed by atoms with Crippen molar-refractivity contribution < 1.29 is 17.9 Å². The van der Waals surface area contributed by atoms with Gasteiger partial charge in [-0.1, -0.05) is 30.4 Å². The van der Waals surface area contributed by atoms with E-state index >= 15 is 0 Å². The van der Waals surface area contributed by atoms with Crippen LogP contribution in [-0.2, 0) is 23.0 Å². The Morgan fingerprint density at radius 2 is 1.79 bits per heavy atom. The summed E-state index contributed by atoms with van der Waals surface area (Å²) in [5.74, 6) is 1.22. The molecule has 12 heteroatoms. The summed E-state index contributed by atoms with van der Waals surface area (Å²) in [4.78, 5) is 19.9. The number of nitrogens with one attached hydrogen (secondary N) is 2. The van der Waals surface area contributed by atoms with Crippen molar-refractivity contribution in [3.63, 3.8) is 0 Å². The number of urea groups is 1. The van der Waals surface area contributed by atoms with Crippen LogP contribution in [0.1, 0.15) is 17.5 Å². The van der Waals surface area contributed by atoms with E-state index < -0.39 is 15.3 Å². The smallest absolute Gasteiger partial charge is 0.322 e. The number of anilines is 2. The Balaban J connectivity index is 1.10. The van der Waals surface area contributed by atoms with E-state index in [9.17, 15) is 13.2 Å². The van der Waals surface area contributed by atoms with Crippen LogP contribution in [0.15, 0.2) is 78.7 Å². The van der Waals surface area contributed by atoms with Crippen molar-refractivity contribution in [2.75, 3.05) is 56.5 Å². The van der Waals surface area contributed by atoms with Crippen molar-refractivity contribution in [3.8, 4) is 11.4 Å². The first kappa shape index (κ1) is 28.8. The maximum Gasteiger partial charge on any atom is 0.322 e. The number of sulfonamides is 1. The van der Waals surface area contributed by atoms with Crippen molar-refractivity contribution in [2.24, 2.45) is 0 Å². The van der Waals surface area contributed by atoms with E-state index in [0.717, 1.165) is 54.4 Å². The van der Waals surface area contributed by atoms with Crippen LogP contribution in [0.3, 0.4) is 0 Å². The molecule has 2 aliphatic heterocycles. The Morgan fingerprint density at radius 3 is 2.51 bits per heavy atom. The summed E-state index contributed by atoms with van der Waals surface area (Å²) < 4.78 is 36.3. The Labute approximate surface area is 252 Å². The number of carbonyl (C=O) groups is 1. The molecule has 3 aromatic rings. The van der Waals surface area contributed by atoms with Gasteiger partial charge in [0.2, 0.25) is 10.0 Å². The molecule has 226 valence electrons. The summed E-state index contributed by atoms with van der Waals surface area (Å²) in [6.07, 6.45) is 7.52. The zero-order valence-electron chi connectivity index (χ0n) is 24.4. The number of fused-ring (bicyclic) bond motifs is 1. The number of allylic oxidation sites excluding steroid dienone is 2. The highest BCUT2D eigenvalue weighted by atomic mass is 32.2. The van der Waals surface area contributed by atoms with Crippen LogP contribution in [0.25, 0.3) is 5.69 Å². The third-order valence-electron chi connectivity index (χ3n) is 8.30. The normalized spacial score (nSPS) is 19.0. The molecular formula is C31H37N7O4S. The Bertz CT molecular complexity index is 1640. The number of ether oxygens (including phenoxy) is 1. The second kappa shape index (κ2) is 12.1. The fourth-order valence-electron chi connectivity index (χ4n) is 5.84. The zero-order valence-corrected chi connectivity index (χ0v) is 25.3. The predicted octanol–water partition coefficient (Wildman–Crippen LogP) is 3.35. The predicted molar refractivity (Wildman–Crippen MR) is 167 cm³/mol. The fraction of sp³-hybridized carbons (Fsp3) is 0.355. The lowest BCUT2D eigenvalue weighted by Crippen LogP contribution is -2.46. The Kier molecular flexibility index (Phi) is 8.13. The number of methoxy groups -OCH3 is 1. The van der Waals surface area contributed by atoms with E-state index in [4.69, 9.17) is 4.74 Å². The standard InChI is InChI=1S/C31H37N7O4S/c1-35-18-20-36(21-19-35)28-12-13-29(42-2)26-15-17-37(22-27(26)28)31(39)33-23-8-10-25(11-9-23)43(40,41)34-30-14-16-32-38(30)24-6-4-3-5-7-24/h3-10,12-14,16,25,34H,11,15,17-22H2,1-2H3,(H,33,39). The highest BCUT2D eigenvalue weighted by Crippen LogP contribution is 2.36. The molecule has 1 unspecified atom stereocenters. The lowest BCUT2D eigenvalue weighted by molar-refractivity contribution is 0.195. The van der Waals surface area contributed by atoms with Crippen LogP contribution in [0.5, 0.6) is 5.75 Å². The number of amides is 2. The molecule has 43 heavy (non-hydrogen) atoms. The molecule has 0 saturated carbocycles. The molecule has 1 atom stereocenters. The number of carbonyl (C=O) groups excluding carboxylic acids is 1. The third kappa shape index (κ3) is 6.11. The number of piperazine rings is 1. The molecule has 3 aliphatic rings. The van der Waals surface area contributed by atoms with Gasteiger partial charge in [0, 0.05) is 67.8 Å². The minimum atomic E-state index is -3.75. The number of nitrogens with zero attached hydrogens (tertiary/aromatic N) is 5. The van der Waals surface area contributed by atoms with Gasteiger partial charge in [0.1, 0.15) is 16.8 Å². The van der Waals surface area contributed by atoms with Gasteiger partial charge in [-0.2, -0.15) is 5.10 Å². The first-order valence-electron chi connectivity index (χ1n) is 14.5. The molecule has 0 bridgehead atoms. The number of likely N-dealkylation sites (N-methyl/N-ethyl adjacent to an activating group) is 1. The molecule has 2 N–H and O–H groups in total. The second-order valence-electron chi connectivity index (χ2n) is 11.0. The van der Waals surface area contributed by atoms with E-state index in [2.05, 4.69) is 38.1 Å². The quantitative estimate of drug-likeness (QED) is 0.426. The molecule has 1 fully saturated rings. The third-order valence-corrected chi connectivity index (χ3v) is 9.94. The van der Waals surface area contributed by atoms with Gasteiger partial charge in [-0.05, 0) is 50.2 Å². The van der Waals surface area contributed by atoms with Gasteiger partial charge in [0.05, 0.1) is 19.0 Å². The van der Waals surface area contributed by atoms with E-state index in [1.165, 1.54) is 0 Å². The molecule has 3 heterocycles. The van der Waals surface area contributed by atoms with E-state index in [-0.39, 0.29) is 12.5 Å². The molecule has 0 radical (unpaired) electrons. The van der Waals surface area contributed by atoms with Gasteiger partial charge in [0.25, 0.3) is 0 Å². The van der Waals surface area contributed by atoms with E-state index in [1.807, 2.05) is 41.3 Å². The van der Waals surface area contributed by atoms with Crippen molar-refractivity contribution in [1.29, 1.82) is 0 Å². The number of rotatable bonds is 7.